The maximum Gasteiger partial charge on any atom is 0.338 e. The Balaban J connectivity index is 2.37. The Labute approximate surface area is 131 Å². The average Bonchev–Trinajstić information content (AvgIpc) is 2.47. The molecule has 22 heavy (non-hydrogen) atoms. The predicted molar refractivity (Wildman–Crippen MR) is 83.1 cm³/mol. The molecule has 1 aliphatic heterocycles. The Hall–Kier alpha value is -1.44. The molecule has 2 rings (SSSR count). The molecule has 0 amide bonds. The van der Waals surface area contributed by atoms with Gasteiger partial charge in [0.05, 0.1) is 17.1 Å². The van der Waals surface area contributed by atoms with E-state index in [9.17, 15) is 13.2 Å². The van der Waals surface area contributed by atoms with Crippen LogP contribution < -0.4 is 5.73 Å². The third-order valence-corrected chi connectivity index (χ3v) is 5.74. The van der Waals surface area contributed by atoms with E-state index in [1.165, 1.54) is 10.4 Å². The summed E-state index contributed by atoms with van der Waals surface area (Å²) in [6.45, 7) is 4.44. The van der Waals surface area contributed by atoms with Gasteiger partial charge < -0.3 is 10.5 Å². The fraction of sp³-hybridized carbons (Fsp3) is 0.533. The fourth-order valence-electron chi connectivity index (χ4n) is 2.55. The molecule has 1 aromatic rings. The van der Waals surface area contributed by atoms with Crippen LogP contribution in [-0.2, 0) is 14.8 Å². The largest absolute Gasteiger partial charge is 0.462 e. The number of hydrogen-bond acceptors (Lipinski definition) is 5. The first kappa shape index (κ1) is 16.9. The predicted octanol–water partition coefficient (Wildman–Crippen LogP) is 1.28. The summed E-state index contributed by atoms with van der Waals surface area (Å²) in [5.74, 6) is -0.519. The second-order valence-electron chi connectivity index (χ2n) is 5.47. The van der Waals surface area contributed by atoms with Crippen molar-refractivity contribution in [3.8, 4) is 0 Å². The maximum atomic E-state index is 12.8. The van der Waals surface area contributed by atoms with E-state index in [-0.39, 0.29) is 23.1 Å². The van der Waals surface area contributed by atoms with Gasteiger partial charge in [0.25, 0.3) is 0 Å². The number of ether oxygens (including phenoxy) is 1. The van der Waals surface area contributed by atoms with E-state index in [0.29, 0.717) is 18.7 Å². The zero-order valence-corrected chi connectivity index (χ0v) is 13.7. The Bertz CT molecular complexity index is 658. The number of nitrogens with zero attached hydrogens (tertiary/aromatic N) is 1. The van der Waals surface area contributed by atoms with Crippen LogP contribution >= 0.6 is 0 Å². The van der Waals surface area contributed by atoms with Crippen LogP contribution in [0.15, 0.2) is 23.1 Å². The van der Waals surface area contributed by atoms with Crippen molar-refractivity contribution in [1.82, 2.24) is 4.31 Å². The van der Waals surface area contributed by atoms with Crippen LogP contribution in [0.1, 0.15) is 35.7 Å². The lowest BCUT2D eigenvalue weighted by Gasteiger charge is -2.30. The van der Waals surface area contributed by atoms with E-state index >= 15 is 0 Å². The van der Waals surface area contributed by atoms with E-state index in [4.69, 9.17) is 10.5 Å². The molecule has 1 aromatic carbocycles. The minimum Gasteiger partial charge on any atom is -0.462 e. The van der Waals surface area contributed by atoms with Crippen molar-refractivity contribution in [2.75, 3.05) is 19.7 Å². The third-order valence-electron chi connectivity index (χ3n) is 3.74. The molecule has 0 radical (unpaired) electrons. The number of nitrogens with two attached hydrogens (primary N) is 1. The van der Waals surface area contributed by atoms with Gasteiger partial charge in [-0.1, -0.05) is 6.07 Å². The van der Waals surface area contributed by atoms with E-state index in [2.05, 4.69) is 0 Å². The van der Waals surface area contributed by atoms with Gasteiger partial charge in [-0.05, 0) is 44.4 Å². The van der Waals surface area contributed by atoms with Crippen molar-refractivity contribution in [3.63, 3.8) is 0 Å². The van der Waals surface area contributed by atoms with Crippen molar-refractivity contribution in [2.45, 2.75) is 37.6 Å². The third kappa shape index (κ3) is 3.48. The van der Waals surface area contributed by atoms with E-state index in [1.54, 1.807) is 26.0 Å². The SMILES string of the molecule is CCOC(=O)c1ccc(C)c(S(=O)(=O)N2CCCC(N)C2)c1. The van der Waals surface area contributed by atoms with E-state index in [1.807, 2.05) is 0 Å². The van der Waals surface area contributed by atoms with Gasteiger partial charge in [-0.15, -0.1) is 0 Å². The highest BCUT2D eigenvalue weighted by molar-refractivity contribution is 7.89. The lowest BCUT2D eigenvalue weighted by molar-refractivity contribution is 0.0526. The maximum absolute atomic E-state index is 12.8. The summed E-state index contributed by atoms with van der Waals surface area (Å²) in [7, 11) is -3.65. The molecule has 0 aromatic heterocycles. The molecule has 0 bridgehead atoms. The number of piperidine rings is 1. The van der Waals surface area contributed by atoms with Crippen LogP contribution in [0.3, 0.4) is 0 Å². The molecule has 2 N–H and O–H groups in total. The molecule has 1 saturated heterocycles. The van der Waals surface area contributed by atoms with Gasteiger partial charge in [0.1, 0.15) is 0 Å². The average molecular weight is 326 g/mol. The van der Waals surface area contributed by atoms with Gasteiger partial charge in [0.15, 0.2) is 0 Å². The van der Waals surface area contributed by atoms with Crippen molar-refractivity contribution >= 4 is 16.0 Å². The normalized spacial score (nSPS) is 19.9. The Morgan fingerprint density at radius 2 is 2.18 bits per heavy atom. The van der Waals surface area contributed by atoms with Crippen molar-refractivity contribution in [3.05, 3.63) is 29.3 Å². The first-order chi connectivity index (χ1) is 10.4. The second-order valence-corrected chi connectivity index (χ2v) is 7.37. The fourth-order valence-corrected chi connectivity index (χ4v) is 4.34. The monoisotopic (exact) mass is 326 g/mol. The molecule has 1 aliphatic rings. The summed E-state index contributed by atoms with van der Waals surface area (Å²) < 4.78 is 31.9. The number of carbonyl (C=O) groups excluding carboxylic acids is 1. The highest BCUT2D eigenvalue weighted by Gasteiger charge is 2.30. The zero-order chi connectivity index (χ0) is 16.3. The molecule has 7 heteroatoms. The molecule has 122 valence electrons. The van der Waals surface area contributed by atoms with E-state index < -0.39 is 16.0 Å². The quantitative estimate of drug-likeness (QED) is 0.842. The molecule has 1 heterocycles. The van der Waals surface area contributed by atoms with Crippen LogP contribution in [-0.4, -0.2) is 44.4 Å². The van der Waals surface area contributed by atoms with E-state index in [0.717, 1.165) is 12.8 Å². The number of sulfonamides is 1. The lowest BCUT2D eigenvalue weighted by atomic mass is 10.1. The Morgan fingerprint density at radius 1 is 1.45 bits per heavy atom. The zero-order valence-electron chi connectivity index (χ0n) is 12.9. The van der Waals surface area contributed by atoms with Crippen LogP contribution in [0.5, 0.6) is 0 Å². The number of esters is 1. The lowest BCUT2D eigenvalue weighted by Crippen LogP contribution is -2.45. The summed E-state index contributed by atoms with van der Waals surface area (Å²) >= 11 is 0. The first-order valence-electron chi connectivity index (χ1n) is 7.39. The number of carbonyl (C=O) groups is 1. The molecular weight excluding hydrogens is 304 g/mol. The standard InChI is InChI=1S/C15H22N2O4S/c1-3-21-15(18)12-7-6-11(2)14(9-12)22(19,20)17-8-4-5-13(16)10-17/h6-7,9,13H,3-5,8,10,16H2,1-2H3. The molecule has 1 atom stereocenters. The molecule has 1 unspecified atom stereocenters. The van der Waals surface area contributed by atoms with Crippen LogP contribution in [0.4, 0.5) is 0 Å². The first-order valence-corrected chi connectivity index (χ1v) is 8.83. The second kappa shape index (κ2) is 6.76. The minimum absolute atomic E-state index is 0.142. The highest BCUT2D eigenvalue weighted by Crippen LogP contribution is 2.24. The van der Waals surface area contributed by atoms with Gasteiger partial charge in [-0.2, -0.15) is 4.31 Å². The number of benzene rings is 1. The van der Waals surface area contributed by atoms with Gasteiger partial charge in [-0.25, -0.2) is 13.2 Å². The van der Waals surface area contributed by atoms with Gasteiger partial charge in [-0.3, -0.25) is 0 Å². The van der Waals surface area contributed by atoms with Crippen LogP contribution in [0.25, 0.3) is 0 Å². The molecule has 0 spiro atoms. The molecule has 0 aliphatic carbocycles. The van der Waals surface area contributed by atoms with Crippen molar-refractivity contribution in [1.29, 1.82) is 0 Å². The van der Waals surface area contributed by atoms with Crippen LogP contribution in [0, 0.1) is 6.92 Å². The molecule has 1 fully saturated rings. The topological polar surface area (TPSA) is 89.7 Å². The van der Waals surface area contributed by atoms with Gasteiger partial charge in [0.2, 0.25) is 10.0 Å². The highest BCUT2D eigenvalue weighted by atomic mass is 32.2. The summed E-state index contributed by atoms with van der Waals surface area (Å²) in [5.41, 5.74) is 6.72. The Morgan fingerprint density at radius 3 is 2.82 bits per heavy atom. The number of aryl methyl sites for hydroxylation is 1. The van der Waals surface area contributed by atoms with Crippen molar-refractivity contribution < 1.29 is 17.9 Å². The number of hydrogen-bond donors (Lipinski definition) is 1. The molecule has 0 saturated carbocycles. The molecule has 6 nitrogen and oxygen atoms in total. The summed E-state index contributed by atoms with van der Waals surface area (Å²) in [5, 5.41) is 0. The summed E-state index contributed by atoms with van der Waals surface area (Å²) in [4.78, 5) is 12.0. The smallest absolute Gasteiger partial charge is 0.338 e. The number of rotatable bonds is 4. The Kier molecular flexibility index (Phi) is 5.20. The van der Waals surface area contributed by atoms with Gasteiger partial charge >= 0.3 is 5.97 Å². The molecular formula is C15H22N2O4S. The summed E-state index contributed by atoms with van der Waals surface area (Å²) in [6, 6.07) is 4.46. The van der Waals surface area contributed by atoms with Gasteiger partial charge in [0, 0.05) is 19.1 Å². The van der Waals surface area contributed by atoms with Crippen LogP contribution in [0.2, 0.25) is 0 Å². The van der Waals surface area contributed by atoms with Crippen molar-refractivity contribution in [2.24, 2.45) is 5.73 Å². The summed E-state index contributed by atoms with van der Waals surface area (Å²) in [6.07, 6.45) is 1.57. The minimum atomic E-state index is -3.65.